The van der Waals surface area contributed by atoms with Crippen molar-refractivity contribution in [2.45, 2.75) is 19.9 Å². The Morgan fingerprint density at radius 1 is 1.08 bits per heavy atom. The number of nitrogens with one attached hydrogen (secondary N) is 1. The molecule has 1 N–H and O–H groups in total. The molecular formula is C20H23ClN3O2+. The Morgan fingerprint density at radius 3 is 2.46 bits per heavy atom. The summed E-state index contributed by atoms with van der Waals surface area (Å²) in [6.07, 6.45) is 0. The molecule has 0 aliphatic heterocycles. The molecule has 3 rings (SSSR count). The van der Waals surface area contributed by atoms with Crippen LogP contribution in [0, 0.1) is 6.92 Å². The van der Waals surface area contributed by atoms with Gasteiger partial charge in [-0.3, -0.25) is 0 Å². The molecule has 2 atom stereocenters. The molecule has 136 valence electrons. The van der Waals surface area contributed by atoms with Crippen LogP contribution in [-0.2, 0) is 0 Å². The Hall–Kier alpha value is -2.37. The highest BCUT2D eigenvalue weighted by molar-refractivity contribution is 6.30. The summed E-state index contributed by atoms with van der Waals surface area (Å²) < 4.78 is 11.6. The number of likely N-dealkylation sites (N-methyl/N-ethyl adjacent to an activating group) is 1. The average Bonchev–Trinajstić information content (AvgIpc) is 3.13. The van der Waals surface area contributed by atoms with Crippen LogP contribution in [0.2, 0.25) is 5.02 Å². The second-order valence-corrected chi connectivity index (χ2v) is 6.87. The first-order chi connectivity index (χ1) is 12.5. The van der Waals surface area contributed by atoms with Crippen LogP contribution >= 0.6 is 11.6 Å². The predicted octanol–water partition coefficient (Wildman–Crippen LogP) is 3.35. The average molecular weight is 373 g/mol. The molecule has 0 amide bonds. The molecule has 0 saturated carbocycles. The van der Waals surface area contributed by atoms with E-state index in [1.165, 1.54) is 10.5 Å². The Labute approximate surface area is 158 Å². The van der Waals surface area contributed by atoms with Crippen molar-refractivity contribution in [3.63, 3.8) is 0 Å². The lowest BCUT2D eigenvalue weighted by Gasteiger charge is -2.18. The summed E-state index contributed by atoms with van der Waals surface area (Å²) in [5.74, 6) is 2.00. The normalized spacial score (nSPS) is 13.4. The lowest BCUT2D eigenvalue weighted by Crippen LogP contribution is -3.09. The Bertz CT molecular complexity index is 831. The molecule has 0 saturated heterocycles. The molecule has 0 aliphatic rings. The zero-order chi connectivity index (χ0) is 18.5. The smallest absolute Gasteiger partial charge is 0.274 e. The second kappa shape index (κ2) is 8.34. The lowest BCUT2D eigenvalue weighted by atomic mass is 10.1. The van der Waals surface area contributed by atoms with Gasteiger partial charge in [-0.15, -0.1) is 10.2 Å². The van der Waals surface area contributed by atoms with Gasteiger partial charge in [0.25, 0.3) is 5.89 Å². The minimum Gasteiger partial charge on any atom is -0.488 e. The monoisotopic (exact) mass is 372 g/mol. The number of nitrogens with zero attached hydrogens (tertiary/aromatic N) is 2. The molecule has 2 aromatic carbocycles. The van der Waals surface area contributed by atoms with Gasteiger partial charge in [-0.2, -0.15) is 0 Å². The van der Waals surface area contributed by atoms with E-state index in [1.54, 1.807) is 0 Å². The van der Waals surface area contributed by atoms with E-state index < -0.39 is 0 Å². The molecule has 3 aromatic rings. The first kappa shape index (κ1) is 18.4. The molecule has 1 unspecified atom stereocenters. The topological polar surface area (TPSA) is 52.6 Å². The van der Waals surface area contributed by atoms with Crippen LogP contribution in [0.1, 0.15) is 24.4 Å². The third kappa shape index (κ3) is 4.62. The summed E-state index contributed by atoms with van der Waals surface area (Å²) in [7, 11) is 2.09. The number of rotatable bonds is 7. The van der Waals surface area contributed by atoms with Crippen LogP contribution in [-0.4, -0.2) is 30.4 Å². The first-order valence-corrected chi connectivity index (χ1v) is 9.02. The van der Waals surface area contributed by atoms with Gasteiger partial charge in [-0.05, 0) is 50.2 Å². The van der Waals surface area contributed by atoms with Gasteiger partial charge in [-0.1, -0.05) is 29.3 Å². The summed E-state index contributed by atoms with van der Waals surface area (Å²) in [5.41, 5.74) is 2.14. The Morgan fingerprint density at radius 2 is 1.77 bits per heavy atom. The van der Waals surface area contributed by atoms with Gasteiger partial charge in [0.05, 0.1) is 7.05 Å². The molecule has 0 spiro atoms. The maximum Gasteiger partial charge on any atom is 0.274 e. The fourth-order valence-corrected chi connectivity index (χ4v) is 2.64. The summed E-state index contributed by atoms with van der Waals surface area (Å²) in [4.78, 5) is 1.23. The number of quaternary nitrogens is 1. The van der Waals surface area contributed by atoms with E-state index in [4.69, 9.17) is 20.8 Å². The van der Waals surface area contributed by atoms with E-state index in [1.807, 2.05) is 48.5 Å². The van der Waals surface area contributed by atoms with E-state index in [9.17, 15) is 0 Å². The Balaban J connectivity index is 1.55. The number of aryl methyl sites for hydroxylation is 1. The molecule has 6 heteroatoms. The minimum absolute atomic E-state index is 0.0792. The van der Waals surface area contributed by atoms with Crippen molar-refractivity contribution in [2.24, 2.45) is 0 Å². The van der Waals surface area contributed by atoms with Crippen molar-refractivity contribution in [3.8, 4) is 17.2 Å². The van der Waals surface area contributed by atoms with Crippen molar-refractivity contribution in [1.29, 1.82) is 0 Å². The number of ether oxygens (including phenoxy) is 1. The van der Waals surface area contributed by atoms with E-state index in [-0.39, 0.29) is 6.04 Å². The third-order valence-corrected chi connectivity index (χ3v) is 4.68. The van der Waals surface area contributed by atoms with Crippen LogP contribution in [0.4, 0.5) is 0 Å². The minimum atomic E-state index is 0.0792. The van der Waals surface area contributed by atoms with Gasteiger partial charge in [0.1, 0.15) is 18.9 Å². The molecule has 26 heavy (non-hydrogen) atoms. The Kier molecular flexibility index (Phi) is 5.91. The lowest BCUT2D eigenvalue weighted by molar-refractivity contribution is -0.911. The maximum absolute atomic E-state index is 5.88. The van der Waals surface area contributed by atoms with Gasteiger partial charge in [0.15, 0.2) is 6.04 Å². The number of benzene rings is 2. The highest BCUT2D eigenvalue weighted by atomic mass is 35.5. The molecule has 5 nitrogen and oxygen atoms in total. The zero-order valence-electron chi connectivity index (χ0n) is 15.2. The van der Waals surface area contributed by atoms with Crippen molar-refractivity contribution < 1.29 is 14.1 Å². The van der Waals surface area contributed by atoms with Gasteiger partial charge in [-0.25, -0.2) is 0 Å². The first-order valence-electron chi connectivity index (χ1n) is 8.64. The molecule has 0 radical (unpaired) electrons. The largest absolute Gasteiger partial charge is 0.488 e. The maximum atomic E-state index is 5.88. The van der Waals surface area contributed by atoms with Crippen molar-refractivity contribution >= 4 is 11.6 Å². The fourth-order valence-electron chi connectivity index (χ4n) is 2.51. The van der Waals surface area contributed by atoms with Crippen molar-refractivity contribution in [2.75, 3.05) is 20.2 Å². The van der Waals surface area contributed by atoms with Gasteiger partial charge < -0.3 is 14.1 Å². The van der Waals surface area contributed by atoms with Gasteiger partial charge in [0.2, 0.25) is 5.89 Å². The number of hydrogen-bond donors (Lipinski definition) is 1. The van der Waals surface area contributed by atoms with Gasteiger partial charge >= 0.3 is 0 Å². The van der Waals surface area contributed by atoms with E-state index >= 15 is 0 Å². The van der Waals surface area contributed by atoms with E-state index in [0.717, 1.165) is 17.9 Å². The van der Waals surface area contributed by atoms with Crippen LogP contribution in [0.5, 0.6) is 5.75 Å². The van der Waals surface area contributed by atoms with Crippen molar-refractivity contribution in [3.05, 3.63) is 65.0 Å². The summed E-state index contributed by atoms with van der Waals surface area (Å²) in [5, 5.41) is 9.10. The number of aromatic nitrogens is 2. The van der Waals surface area contributed by atoms with Crippen LogP contribution in [0.3, 0.4) is 0 Å². The fraction of sp³-hybridized carbons (Fsp3) is 0.300. The molecule has 1 heterocycles. The summed E-state index contributed by atoms with van der Waals surface area (Å²) in [6, 6.07) is 15.5. The molecule has 0 bridgehead atoms. The van der Waals surface area contributed by atoms with E-state index in [0.29, 0.717) is 23.4 Å². The second-order valence-electron chi connectivity index (χ2n) is 6.43. The number of hydrogen-bond acceptors (Lipinski definition) is 4. The standard InChI is InChI=1S/C20H22ClN3O2/c1-14-4-6-16(7-5-14)20-23-22-19(26-20)15(2)24(3)12-13-25-18-10-8-17(21)9-11-18/h4-11,15H,12-13H2,1-3H3/p+1/t15-/m1/s1. The number of halogens is 1. The van der Waals surface area contributed by atoms with Crippen LogP contribution < -0.4 is 9.64 Å². The third-order valence-electron chi connectivity index (χ3n) is 4.43. The SMILES string of the molecule is Cc1ccc(-c2nnc([C@@H](C)[NH+](C)CCOc3ccc(Cl)cc3)o2)cc1. The van der Waals surface area contributed by atoms with Gasteiger partial charge in [0, 0.05) is 10.6 Å². The molecule has 1 aromatic heterocycles. The quantitative estimate of drug-likeness (QED) is 0.691. The summed E-state index contributed by atoms with van der Waals surface area (Å²) >= 11 is 5.88. The molecule has 0 fully saturated rings. The van der Waals surface area contributed by atoms with Crippen LogP contribution in [0.25, 0.3) is 11.5 Å². The van der Waals surface area contributed by atoms with Crippen LogP contribution in [0.15, 0.2) is 52.9 Å². The highest BCUT2D eigenvalue weighted by Crippen LogP contribution is 2.20. The molecular weight excluding hydrogens is 350 g/mol. The van der Waals surface area contributed by atoms with E-state index in [2.05, 4.69) is 31.1 Å². The highest BCUT2D eigenvalue weighted by Gasteiger charge is 2.22. The predicted molar refractivity (Wildman–Crippen MR) is 102 cm³/mol. The summed E-state index contributed by atoms with van der Waals surface area (Å²) in [6.45, 7) is 5.53. The zero-order valence-corrected chi connectivity index (χ0v) is 16.0. The molecule has 0 aliphatic carbocycles. The van der Waals surface area contributed by atoms with Crippen molar-refractivity contribution in [1.82, 2.24) is 10.2 Å².